The number of thioether (sulfide) groups is 1. The molecular weight excluding hydrogens is 378 g/mol. The number of anilines is 1. The molecule has 1 heterocycles. The van der Waals surface area contributed by atoms with Gasteiger partial charge in [-0.2, -0.15) is 0 Å². The molecule has 1 aromatic heterocycles. The molecule has 0 atom stereocenters. The fourth-order valence-electron chi connectivity index (χ4n) is 3.27. The van der Waals surface area contributed by atoms with E-state index in [2.05, 4.69) is 65.1 Å². The third-order valence-electron chi connectivity index (χ3n) is 4.92. The molecule has 0 aliphatic carbocycles. The van der Waals surface area contributed by atoms with Crippen molar-refractivity contribution in [3.63, 3.8) is 0 Å². The second-order valence-corrected chi connectivity index (χ2v) is 7.92. The third-order valence-corrected chi connectivity index (χ3v) is 5.67. The van der Waals surface area contributed by atoms with Gasteiger partial charge in [-0.25, -0.2) is 9.97 Å². The van der Waals surface area contributed by atoms with E-state index in [1.54, 1.807) is 11.8 Å². The molecule has 0 bridgehead atoms. The summed E-state index contributed by atoms with van der Waals surface area (Å²) < 4.78 is 0. The van der Waals surface area contributed by atoms with Crippen LogP contribution in [-0.2, 0) is 13.1 Å². The number of benzene rings is 2. The van der Waals surface area contributed by atoms with Gasteiger partial charge in [0, 0.05) is 23.4 Å². The molecule has 3 rings (SSSR count). The Morgan fingerprint density at radius 1 is 0.966 bits per heavy atom. The van der Waals surface area contributed by atoms with Crippen LogP contribution in [-0.4, -0.2) is 47.8 Å². The standard InChI is InChI=1S/C23H31N5S/c1-4-28(16-18-10-12-19(29-3)13-11-18)17-22-26-21-9-6-5-8-20(21)23(27-22)25-15-7-14-24-2/h5-6,8-13,24H,4,7,14-17H2,1-3H3,(H,25,26,27). The van der Waals surface area contributed by atoms with E-state index in [-0.39, 0.29) is 0 Å². The zero-order chi connectivity index (χ0) is 20.5. The predicted octanol–water partition coefficient (Wildman–Crippen LogP) is 4.40. The molecule has 2 N–H and O–H groups in total. The number of fused-ring (bicyclic) bond motifs is 1. The number of hydrogen-bond acceptors (Lipinski definition) is 6. The first kappa shape index (κ1) is 21.6. The first-order chi connectivity index (χ1) is 14.2. The summed E-state index contributed by atoms with van der Waals surface area (Å²) in [5.74, 6) is 1.80. The summed E-state index contributed by atoms with van der Waals surface area (Å²) >= 11 is 1.77. The third kappa shape index (κ3) is 6.16. The summed E-state index contributed by atoms with van der Waals surface area (Å²) in [7, 11) is 1.98. The highest BCUT2D eigenvalue weighted by atomic mass is 32.2. The molecule has 0 spiro atoms. The van der Waals surface area contributed by atoms with Crippen LogP contribution < -0.4 is 10.6 Å². The smallest absolute Gasteiger partial charge is 0.145 e. The van der Waals surface area contributed by atoms with Crippen molar-refractivity contribution in [3.05, 3.63) is 59.9 Å². The Kier molecular flexibility index (Phi) is 8.28. The van der Waals surface area contributed by atoms with Gasteiger partial charge >= 0.3 is 0 Å². The molecule has 6 heteroatoms. The Morgan fingerprint density at radius 2 is 1.76 bits per heavy atom. The number of rotatable bonds is 11. The van der Waals surface area contributed by atoms with Crippen LogP contribution in [0.1, 0.15) is 24.7 Å². The van der Waals surface area contributed by atoms with Gasteiger partial charge in [0.25, 0.3) is 0 Å². The molecular formula is C23H31N5S. The van der Waals surface area contributed by atoms with Gasteiger partial charge in [-0.3, -0.25) is 4.90 Å². The summed E-state index contributed by atoms with van der Waals surface area (Å²) in [6.45, 7) is 6.64. The normalized spacial score (nSPS) is 11.3. The van der Waals surface area contributed by atoms with Gasteiger partial charge in [0.05, 0.1) is 12.1 Å². The highest BCUT2D eigenvalue weighted by Gasteiger charge is 2.11. The zero-order valence-corrected chi connectivity index (χ0v) is 18.4. The van der Waals surface area contributed by atoms with Gasteiger partial charge in [-0.15, -0.1) is 11.8 Å². The predicted molar refractivity (Wildman–Crippen MR) is 125 cm³/mol. The van der Waals surface area contributed by atoms with E-state index < -0.39 is 0 Å². The van der Waals surface area contributed by atoms with Crippen LogP contribution in [0.25, 0.3) is 10.9 Å². The van der Waals surface area contributed by atoms with Crippen molar-refractivity contribution in [1.82, 2.24) is 20.2 Å². The highest BCUT2D eigenvalue weighted by Crippen LogP contribution is 2.21. The SMILES string of the molecule is CCN(Cc1ccc(SC)cc1)Cc1nc(NCCCNC)c2ccccc2n1. The summed E-state index contributed by atoms with van der Waals surface area (Å²) in [5.41, 5.74) is 2.31. The van der Waals surface area contributed by atoms with Crippen molar-refractivity contribution in [1.29, 1.82) is 0 Å². The summed E-state index contributed by atoms with van der Waals surface area (Å²) in [4.78, 5) is 13.4. The van der Waals surface area contributed by atoms with Gasteiger partial charge in [0.1, 0.15) is 11.6 Å². The van der Waals surface area contributed by atoms with Crippen LogP contribution in [0.4, 0.5) is 5.82 Å². The molecule has 0 saturated carbocycles. The van der Waals surface area contributed by atoms with Gasteiger partial charge in [0.2, 0.25) is 0 Å². The van der Waals surface area contributed by atoms with Crippen LogP contribution in [0.3, 0.4) is 0 Å². The molecule has 29 heavy (non-hydrogen) atoms. The summed E-state index contributed by atoms with van der Waals surface area (Å²) in [6, 6.07) is 17.0. The van der Waals surface area contributed by atoms with Crippen LogP contribution in [0.2, 0.25) is 0 Å². The number of para-hydroxylation sites is 1. The van der Waals surface area contributed by atoms with Crippen LogP contribution in [0.15, 0.2) is 53.4 Å². The van der Waals surface area contributed by atoms with Gasteiger partial charge in [-0.05, 0) is 62.6 Å². The monoisotopic (exact) mass is 409 g/mol. The largest absolute Gasteiger partial charge is 0.369 e. The Labute approximate surface area is 178 Å². The second kappa shape index (κ2) is 11.1. The molecule has 0 amide bonds. The molecule has 0 fully saturated rings. The maximum Gasteiger partial charge on any atom is 0.145 e. The lowest BCUT2D eigenvalue weighted by molar-refractivity contribution is 0.265. The quantitative estimate of drug-likeness (QED) is 0.362. The fraction of sp³-hybridized carbons (Fsp3) is 0.391. The van der Waals surface area contributed by atoms with Crippen molar-refractivity contribution in [2.45, 2.75) is 31.3 Å². The van der Waals surface area contributed by atoms with Crippen LogP contribution in [0.5, 0.6) is 0 Å². The number of aromatic nitrogens is 2. The molecule has 3 aromatic rings. The average molecular weight is 410 g/mol. The number of hydrogen-bond donors (Lipinski definition) is 2. The maximum absolute atomic E-state index is 4.87. The lowest BCUT2D eigenvalue weighted by Gasteiger charge is -2.20. The van der Waals surface area contributed by atoms with Gasteiger partial charge < -0.3 is 10.6 Å². The topological polar surface area (TPSA) is 53.1 Å². The Morgan fingerprint density at radius 3 is 2.48 bits per heavy atom. The van der Waals surface area contributed by atoms with Crippen molar-refractivity contribution in [2.75, 3.05) is 38.3 Å². The zero-order valence-electron chi connectivity index (χ0n) is 17.6. The Bertz CT molecular complexity index is 897. The van der Waals surface area contributed by atoms with Crippen LogP contribution >= 0.6 is 11.8 Å². The van der Waals surface area contributed by atoms with Crippen molar-refractivity contribution >= 4 is 28.5 Å². The van der Waals surface area contributed by atoms with E-state index >= 15 is 0 Å². The minimum Gasteiger partial charge on any atom is -0.369 e. The van der Waals surface area contributed by atoms with E-state index in [4.69, 9.17) is 9.97 Å². The number of nitrogens with one attached hydrogen (secondary N) is 2. The molecule has 2 aromatic carbocycles. The van der Waals surface area contributed by atoms with E-state index in [1.165, 1.54) is 10.5 Å². The molecule has 0 unspecified atom stereocenters. The molecule has 0 radical (unpaired) electrons. The Hall–Kier alpha value is -2.15. The minimum absolute atomic E-state index is 0.733. The number of nitrogens with zero attached hydrogens (tertiary/aromatic N) is 3. The van der Waals surface area contributed by atoms with Gasteiger partial charge in [0.15, 0.2) is 0 Å². The molecule has 0 aliphatic rings. The summed E-state index contributed by atoms with van der Waals surface area (Å²) in [5, 5.41) is 7.77. The average Bonchev–Trinajstić information content (AvgIpc) is 2.76. The van der Waals surface area contributed by atoms with E-state index in [0.29, 0.717) is 0 Å². The lowest BCUT2D eigenvalue weighted by atomic mass is 10.2. The minimum atomic E-state index is 0.733. The van der Waals surface area contributed by atoms with Crippen molar-refractivity contribution in [3.8, 4) is 0 Å². The van der Waals surface area contributed by atoms with E-state index in [9.17, 15) is 0 Å². The highest BCUT2D eigenvalue weighted by molar-refractivity contribution is 7.98. The van der Waals surface area contributed by atoms with E-state index in [0.717, 1.165) is 61.7 Å². The summed E-state index contributed by atoms with van der Waals surface area (Å²) in [6.07, 6.45) is 3.16. The first-order valence-electron chi connectivity index (χ1n) is 10.2. The first-order valence-corrected chi connectivity index (χ1v) is 11.5. The molecule has 5 nitrogen and oxygen atoms in total. The van der Waals surface area contributed by atoms with Crippen molar-refractivity contribution in [2.24, 2.45) is 0 Å². The molecule has 0 saturated heterocycles. The van der Waals surface area contributed by atoms with Crippen LogP contribution in [0, 0.1) is 0 Å². The van der Waals surface area contributed by atoms with Gasteiger partial charge in [-0.1, -0.05) is 31.2 Å². The molecule has 154 valence electrons. The van der Waals surface area contributed by atoms with E-state index in [1.807, 2.05) is 19.2 Å². The Balaban J connectivity index is 1.76. The second-order valence-electron chi connectivity index (χ2n) is 7.04. The molecule has 0 aliphatic heterocycles. The fourth-order valence-corrected chi connectivity index (χ4v) is 3.68. The van der Waals surface area contributed by atoms with Crippen molar-refractivity contribution < 1.29 is 0 Å². The lowest BCUT2D eigenvalue weighted by Crippen LogP contribution is -2.24. The maximum atomic E-state index is 4.87.